The Morgan fingerprint density at radius 2 is 2.19 bits per heavy atom. The molecule has 84 valence electrons. The van der Waals surface area contributed by atoms with Crippen molar-refractivity contribution >= 4 is 5.97 Å². The van der Waals surface area contributed by atoms with Crippen molar-refractivity contribution in [3.63, 3.8) is 0 Å². The summed E-state index contributed by atoms with van der Waals surface area (Å²) in [5.74, 6) is 1.33. The smallest absolute Gasteiger partial charge is 0.341 e. The third-order valence-electron chi connectivity index (χ3n) is 2.12. The zero-order valence-electron chi connectivity index (χ0n) is 9.15. The lowest BCUT2D eigenvalue weighted by Gasteiger charge is -2.09. The van der Waals surface area contributed by atoms with Crippen LogP contribution < -0.4 is 4.74 Å². The highest BCUT2D eigenvalue weighted by molar-refractivity contribution is 5.91. The lowest BCUT2D eigenvalue weighted by molar-refractivity contribution is 0.0689. The van der Waals surface area contributed by atoms with Gasteiger partial charge in [-0.25, -0.2) is 4.79 Å². The van der Waals surface area contributed by atoms with E-state index < -0.39 is 5.97 Å². The zero-order valence-corrected chi connectivity index (χ0v) is 9.15. The highest BCUT2D eigenvalue weighted by Crippen LogP contribution is 2.20. The van der Waals surface area contributed by atoms with Crippen molar-refractivity contribution in [2.75, 3.05) is 6.61 Å². The molecule has 1 heterocycles. The van der Waals surface area contributed by atoms with Crippen LogP contribution >= 0.6 is 0 Å². The molecule has 0 radical (unpaired) electrons. The van der Waals surface area contributed by atoms with Crippen LogP contribution in [0.4, 0.5) is 0 Å². The second-order valence-corrected chi connectivity index (χ2v) is 3.20. The summed E-state index contributed by atoms with van der Waals surface area (Å²) in [7, 11) is 0. The van der Waals surface area contributed by atoms with Crippen LogP contribution in [0.2, 0.25) is 0 Å². The average Bonchev–Trinajstić information content (AvgIpc) is 2.23. The number of carboxylic acids is 1. The number of aryl methyl sites for hydroxylation is 1. The van der Waals surface area contributed by atoms with Crippen LogP contribution in [-0.4, -0.2) is 27.9 Å². The van der Waals surface area contributed by atoms with Crippen molar-refractivity contribution in [1.29, 1.82) is 0 Å². The highest BCUT2D eigenvalue weighted by atomic mass is 16.5. The molecule has 0 bridgehead atoms. The summed E-state index contributed by atoms with van der Waals surface area (Å²) in [4.78, 5) is 11.0. The van der Waals surface area contributed by atoms with Gasteiger partial charge in [-0.3, -0.25) is 0 Å². The number of hydrogen-bond acceptors (Lipinski definition) is 4. The fraction of sp³-hybridized carbons (Fsp3) is 0.364. The van der Waals surface area contributed by atoms with E-state index in [2.05, 4.69) is 16.1 Å². The molecule has 1 aromatic heterocycles. The summed E-state index contributed by atoms with van der Waals surface area (Å²) in [5.41, 5.74) is 1.17. The van der Waals surface area contributed by atoms with Crippen LogP contribution in [0.15, 0.2) is 0 Å². The van der Waals surface area contributed by atoms with Gasteiger partial charge in [0.1, 0.15) is 12.2 Å². The van der Waals surface area contributed by atoms with E-state index in [-0.39, 0.29) is 18.1 Å². The van der Waals surface area contributed by atoms with Crippen LogP contribution in [0.5, 0.6) is 5.88 Å². The Morgan fingerprint density at radius 3 is 2.75 bits per heavy atom. The quantitative estimate of drug-likeness (QED) is 0.609. The van der Waals surface area contributed by atoms with Gasteiger partial charge in [0.05, 0.1) is 5.69 Å². The van der Waals surface area contributed by atoms with Crippen molar-refractivity contribution in [3.8, 4) is 18.2 Å². The lowest BCUT2D eigenvalue weighted by Crippen LogP contribution is -2.11. The minimum Gasteiger partial charge on any atom is -0.477 e. The maximum absolute atomic E-state index is 11.0. The minimum absolute atomic E-state index is 0.0193. The van der Waals surface area contributed by atoms with Crippen molar-refractivity contribution in [2.45, 2.75) is 20.3 Å². The topological polar surface area (TPSA) is 72.3 Å². The van der Waals surface area contributed by atoms with E-state index in [4.69, 9.17) is 16.3 Å². The number of aromatic nitrogens is 2. The number of hydrogen-bond donors (Lipinski definition) is 1. The second kappa shape index (κ2) is 5.12. The average molecular weight is 220 g/mol. The molecule has 1 rings (SSSR count). The number of terminal acetylenes is 1. The third-order valence-corrected chi connectivity index (χ3v) is 2.12. The number of carboxylic acid groups (broad SMARTS) is 1. The molecule has 0 atom stereocenters. The summed E-state index contributed by atoms with van der Waals surface area (Å²) in [6.07, 6.45) is 5.46. The molecule has 0 aromatic carbocycles. The molecule has 0 saturated carbocycles. The van der Waals surface area contributed by atoms with E-state index in [0.29, 0.717) is 17.7 Å². The van der Waals surface area contributed by atoms with Gasteiger partial charge in [-0.2, -0.15) is 5.10 Å². The molecule has 0 unspecified atom stereocenters. The first kappa shape index (κ1) is 12.0. The molecule has 5 nitrogen and oxygen atoms in total. The summed E-state index contributed by atoms with van der Waals surface area (Å²) in [5, 5.41) is 16.6. The number of aromatic carboxylic acids is 1. The van der Waals surface area contributed by atoms with Gasteiger partial charge in [0, 0.05) is 6.42 Å². The normalized spacial score (nSPS) is 9.56. The van der Waals surface area contributed by atoms with Gasteiger partial charge < -0.3 is 9.84 Å². The van der Waals surface area contributed by atoms with E-state index in [1.165, 1.54) is 0 Å². The first-order chi connectivity index (χ1) is 7.57. The molecule has 0 spiro atoms. The second-order valence-electron chi connectivity index (χ2n) is 3.20. The molecule has 0 aliphatic carbocycles. The first-order valence-corrected chi connectivity index (χ1v) is 4.71. The highest BCUT2D eigenvalue weighted by Gasteiger charge is 2.18. The standard InChI is InChI=1S/C11H12N2O3/c1-4-5-6-16-10-9(11(14)15)7(2)8(3)12-13-10/h1H,5-6H2,2-3H3,(H,14,15). The Hall–Kier alpha value is -2.09. The number of rotatable bonds is 4. The maximum atomic E-state index is 11.0. The van der Waals surface area contributed by atoms with Gasteiger partial charge >= 0.3 is 5.97 Å². The summed E-state index contributed by atoms with van der Waals surface area (Å²) in [6.45, 7) is 3.59. The Bertz CT molecular complexity index is 449. The molecule has 0 fully saturated rings. The van der Waals surface area contributed by atoms with Crippen LogP contribution in [-0.2, 0) is 0 Å². The van der Waals surface area contributed by atoms with Crippen LogP contribution in [0, 0.1) is 26.2 Å². The van der Waals surface area contributed by atoms with Gasteiger partial charge in [0.2, 0.25) is 5.88 Å². The Labute approximate surface area is 93.5 Å². The largest absolute Gasteiger partial charge is 0.477 e. The zero-order chi connectivity index (χ0) is 12.1. The van der Waals surface area contributed by atoms with E-state index >= 15 is 0 Å². The molecule has 0 aliphatic rings. The molecular weight excluding hydrogens is 208 g/mol. The lowest BCUT2D eigenvalue weighted by atomic mass is 10.1. The fourth-order valence-electron chi connectivity index (χ4n) is 1.15. The Kier molecular flexibility index (Phi) is 3.84. The molecule has 0 saturated heterocycles. The van der Waals surface area contributed by atoms with E-state index in [1.807, 2.05) is 0 Å². The monoisotopic (exact) mass is 220 g/mol. The Balaban J connectivity index is 3.05. The molecule has 16 heavy (non-hydrogen) atoms. The van der Waals surface area contributed by atoms with Gasteiger partial charge in [0.25, 0.3) is 0 Å². The molecule has 5 heteroatoms. The Morgan fingerprint density at radius 1 is 1.50 bits per heavy atom. The molecule has 0 amide bonds. The maximum Gasteiger partial charge on any atom is 0.341 e. The van der Waals surface area contributed by atoms with Gasteiger partial charge in [-0.1, -0.05) is 0 Å². The van der Waals surface area contributed by atoms with Gasteiger partial charge in [0.15, 0.2) is 0 Å². The molecule has 1 N–H and O–H groups in total. The summed E-state index contributed by atoms with van der Waals surface area (Å²) in [6, 6.07) is 0. The fourth-order valence-corrected chi connectivity index (χ4v) is 1.15. The summed E-state index contributed by atoms with van der Waals surface area (Å²) >= 11 is 0. The first-order valence-electron chi connectivity index (χ1n) is 4.71. The van der Waals surface area contributed by atoms with Crippen LogP contribution in [0.25, 0.3) is 0 Å². The van der Waals surface area contributed by atoms with Crippen molar-refractivity contribution in [2.24, 2.45) is 0 Å². The van der Waals surface area contributed by atoms with Crippen LogP contribution in [0.1, 0.15) is 28.0 Å². The van der Waals surface area contributed by atoms with Crippen LogP contribution in [0.3, 0.4) is 0 Å². The number of ether oxygens (including phenoxy) is 1. The van der Waals surface area contributed by atoms with Crippen molar-refractivity contribution in [1.82, 2.24) is 10.2 Å². The SMILES string of the molecule is C#CCCOc1nnc(C)c(C)c1C(=O)O. The predicted molar refractivity (Wildman–Crippen MR) is 57.4 cm³/mol. The number of carbonyl (C=O) groups is 1. The molecule has 1 aromatic rings. The minimum atomic E-state index is -1.08. The van der Waals surface area contributed by atoms with E-state index in [9.17, 15) is 4.79 Å². The third kappa shape index (κ3) is 2.48. The van der Waals surface area contributed by atoms with E-state index in [0.717, 1.165) is 0 Å². The summed E-state index contributed by atoms with van der Waals surface area (Å²) < 4.78 is 5.18. The number of nitrogens with zero attached hydrogens (tertiary/aromatic N) is 2. The van der Waals surface area contributed by atoms with Crippen molar-refractivity contribution < 1.29 is 14.6 Å². The predicted octanol–water partition coefficient (Wildman–Crippen LogP) is 1.19. The van der Waals surface area contributed by atoms with Gasteiger partial charge in [-0.15, -0.1) is 17.4 Å². The van der Waals surface area contributed by atoms with Gasteiger partial charge in [-0.05, 0) is 19.4 Å². The van der Waals surface area contributed by atoms with E-state index in [1.54, 1.807) is 13.8 Å². The van der Waals surface area contributed by atoms with Crippen molar-refractivity contribution in [3.05, 3.63) is 16.8 Å². The molecular formula is C11H12N2O3. The molecule has 0 aliphatic heterocycles.